The third-order valence-corrected chi connectivity index (χ3v) is 2.71. The molecule has 3 heteroatoms. The molecule has 2 rings (SSSR count). The van der Waals surface area contributed by atoms with Crippen molar-refractivity contribution >= 4 is 5.69 Å². The number of rotatable bonds is 5. The van der Waals surface area contributed by atoms with Crippen LogP contribution in [-0.4, -0.2) is 5.11 Å². The second-order valence-corrected chi connectivity index (χ2v) is 3.89. The molecule has 0 aliphatic rings. The van der Waals surface area contributed by atoms with E-state index in [1.807, 2.05) is 36.4 Å². The van der Waals surface area contributed by atoms with Gasteiger partial charge in [-0.05, 0) is 18.2 Å². The maximum Gasteiger partial charge on any atom is 0.123 e. The zero-order valence-electron chi connectivity index (χ0n) is 9.94. The Balaban J connectivity index is 2.01. The molecule has 0 unspecified atom stereocenters. The van der Waals surface area contributed by atoms with Crippen LogP contribution in [0.25, 0.3) is 0 Å². The van der Waals surface area contributed by atoms with Crippen LogP contribution in [0.5, 0.6) is 0 Å². The lowest BCUT2D eigenvalue weighted by atomic mass is 10.2. The highest BCUT2D eigenvalue weighted by atomic mass is 16.3. The predicted octanol–water partition coefficient (Wildman–Crippen LogP) is 2.95. The molecule has 0 radical (unpaired) electrons. The van der Waals surface area contributed by atoms with Gasteiger partial charge in [-0.25, -0.2) is 0 Å². The van der Waals surface area contributed by atoms with Crippen molar-refractivity contribution in [1.29, 1.82) is 0 Å². The van der Waals surface area contributed by atoms with E-state index in [1.165, 1.54) is 0 Å². The fourth-order valence-corrected chi connectivity index (χ4v) is 1.72. The van der Waals surface area contributed by atoms with Crippen molar-refractivity contribution in [1.82, 2.24) is 0 Å². The number of nitrogens with one attached hydrogen (secondary N) is 1. The molecule has 0 spiro atoms. The molecular formula is C14H17NO2. The van der Waals surface area contributed by atoms with Gasteiger partial charge in [0.05, 0.1) is 13.2 Å². The molecule has 0 fully saturated rings. The number of hydrogen-bond acceptors (Lipinski definition) is 3. The first-order valence-corrected chi connectivity index (χ1v) is 5.83. The normalized spacial score (nSPS) is 10.5. The molecule has 90 valence electrons. The number of aliphatic hydroxyl groups excluding tert-OH is 1. The zero-order chi connectivity index (χ0) is 12.1. The van der Waals surface area contributed by atoms with E-state index in [0.717, 1.165) is 29.2 Å². The van der Waals surface area contributed by atoms with Gasteiger partial charge in [0, 0.05) is 17.7 Å². The second kappa shape index (κ2) is 5.55. The number of para-hydroxylation sites is 1. The molecule has 0 bridgehead atoms. The van der Waals surface area contributed by atoms with Gasteiger partial charge in [-0.15, -0.1) is 0 Å². The molecule has 0 saturated carbocycles. The lowest BCUT2D eigenvalue weighted by Gasteiger charge is -2.08. The molecule has 1 heterocycles. The Labute approximate surface area is 101 Å². The molecule has 1 aromatic heterocycles. The summed E-state index contributed by atoms with van der Waals surface area (Å²) in [5.74, 6) is 1.91. The minimum atomic E-state index is 0.0432. The van der Waals surface area contributed by atoms with Crippen LogP contribution in [0.4, 0.5) is 5.69 Å². The van der Waals surface area contributed by atoms with Crippen LogP contribution in [0.3, 0.4) is 0 Å². The molecule has 0 aliphatic heterocycles. The molecule has 0 amide bonds. The largest absolute Gasteiger partial charge is 0.464 e. The highest BCUT2D eigenvalue weighted by molar-refractivity contribution is 5.50. The van der Waals surface area contributed by atoms with Crippen molar-refractivity contribution in [2.75, 3.05) is 5.32 Å². The first-order chi connectivity index (χ1) is 8.33. The Kier molecular flexibility index (Phi) is 3.83. The first-order valence-electron chi connectivity index (χ1n) is 5.83. The summed E-state index contributed by atoms with van der Waals surface area (Å²) in [4.78, 5) is 0. The zero-order valence-corrected chi connectivity index (χ0v) is 9.94. The van der Waals surface area contributed by atoms with Crippen LogP contribution in [0, 0.1) is 0 Å². The summed E-state index contributed by atoms with van der Waals surface area (Å²) < 4.78 is 5.60. The van der Waals surface area contributed by atoms with Crippen molar-refractivity contribution in [3.05, 3.63) is 53.5 Å². The summed E-state index contributed by atoms with van der Waals surface area (Å²) in [5, 5.41) is 12.5. The Morgan fingerprint density at radius 1 is 1.12 bits per heavy atom. The number of benzene rings is 1. The van der Waals surface area contributed by atoms with Gasteiger partial charge in [-0.2, -0.15) is 0 Å². The van der Waals surface area contributed by atoms with E-state index >= 15 is 0 Å². The van der Waals surface area contributed by atoms with Crippen molar-refractivity contribution in [3.63, 3.8) is 0 Å². The van der Waals surface area contributed by atoms with Crippen LogP contribution in [0.1, 0.15) is 24.0 Å². The van der Waals surface area contributed by atoms with E-state index < -0.39 is 0 Å². The monoisotopic (exact) mass is 231 g/mol. The number of hydrogen-bond donors (Lipinski definition) is 2. The topological polar surface area (TPSA) is 45.4 Å². The third-order valence-electron chi connectivity index (χ3n) is 2.71. The Morgan fingerprint density at radius 3 is 2.59 bits per heavy atom. The average Bonchev–Trinajstić information content (AvgIpc) is 2.84. The summed E-state index contributed by atoms with van der Waals surface area (Å²) in [6, 6.07) is 11.7. The van der Waals surface area contributed by atoms with Crippen molar-refractivity contribution in [3.8, 4) is 0 Å². The summed E-state index contributed by atoms with van der Waals surface area (Å²) in [7, 11) is 0. The van der Waals surface area contributed by atoms with Crippen LogP contribution < -0.4 is 5.32 Å². The van der Waals surface area contributed by atoms with Crippen LogP contribution >= 0.6 is 0 Å². The third kappa shape index (κ3) is 2.88. The number of furan rings is 1. The minimum Gasteiger partial charge on any atom is -0.464 e. The van der Waals surface area contributed by atoms with E-state index in [-0.39, 0.29) is 6.61 Å². The van der Waals surface area contributed by atoms with Crippen LogP contribution in [-0.2, 0) is 19.6 Å². The van der Waals surface area contributed by atoms with Crippen LogP contribution in [0.15, 0.2) is 40.8 Å². The lowest BCUT2D eigenvalue weighted by molar-refractivity contribution is 0.282. The molecular weight excluding hydrogens is 214 g/mol. The fourth-order valence-electron chi connectivity index (χ4n) is 1.72. The van der Waals surface area contributed by atoms with Gasteiger partial charge >= 0.3 is 0 Å². The Bertz CT molecular complexity index is 477. The van der Waals surface area contributed by atoms with Gasteiger partial charge in [-0.3, -0.25) is 0 Å². The minimum absolute atomic E-state index is 0.0432. The number of aryl methyl sites for hydroxylation is 1. The average molecular weight is 231 g/mol. The van der Waals surface area contributed by atoms with Crippen LogP contribution in [0.2, 0.25) is 0 Å². The van der Waals surface area contributed by atoms with Gasteiger partial charge in [0.15, 0.2) is 0 Å². The molecule has 3 nitrogen and oxygen atoms in total. The van der Waals surface area contributed by atoms with Gasteiger partial charge < -0.3 is 14.8 Å². The molecule has 1 aromatic carbocycles. The first kappa shape index (κ1) is 11.7. The summed E-state index contributed by atoms with van der Waals surface area (Å²) in [6.45, 7) is 2.75. The Morgan fingerprint density at radius 2 is 1.88 bits per heavy atom. The maximum atomic E-state index is 9.19. The smallest absolute Gasteiger partial charge is 0.123 e. The standard InChI is InChI=1S/C14H17NO2/c1-2-12-7-8-13(17-12)9-15-14-6-4-3-5-11(14)10-16/h3-8,15-16H,2,9-10H2,1H3. The fraction of sp³-hybridized carbons (Fsp3) is 0.286. The summed E-state index contributed by atoms with van der Waals surface area (Å²) >= 11 is 0. The van der Waals surface area contributed by atoms with Gasteiger partial charge in [-0.1, -0.05) is 25.1 Å². The van der Waals surface area contributed by atoms with Gasteiger partial charge in [0.2, 0.25) is 0 Å². The summed E-state index contributed by atoms with van der Waals surface area (Å²) in [5.41, 5.74) is 1.85. The number of aliphatic hydroxyl groups is 1. The van der Waals surface area contributed by atoms with Crippen molar-refractivity contribution in [2.45, 2.75) is 26.5 Å². The number of anilines is 1. The Hall–Kier alpha value is -1.74. The molecule has 2 aromatic rings. The molecule has 17 heavy (non-hydrogen) atoms. The lowest BCUT2D eigenvalue weighted by Crippen LogP contribution is -2.01. The van der Waals surface area contributed by atoms with E-state index in [1.54, 1.807) is 0 Å². The SMILES string of the molecule is CCc1ccc(CNc2ccccc2CO)o1. The summed E-state index contributed by atoms with van der Waals surface area (Å²) in [6.07, 6.45) is 0.910. The molecule has 0 saturated heterocycles. The molecule has 0 atom stereocenters. The second-order valence-electron chi connectivity index (χ2n) is 3.89. The van der Waals surface area contributed by atoms with E-state index in [0.29, 0.717) is 6.54 Å². The maximum absolute atomic E-state index is 9.19. The van der Waals surface area contributed by atoms with E-state index in [9.17, 15) is 5.11 Å². The highest BCUT2D eigenvalue weighted by Crippen LogP contribution is 2.17. The van der Waals surface area contributed by atoms with Gasteiger partial charge in [0.25, 0.3) is 0 Å². The molecule has 0 aliphatic carbocycles. The quantitative estimate of drug-likeness (QED) is 0.831. The van der Waals surface area contributed by atoms with Crippen molar-refractivity contribution < 1.29 is 9.52 Å². The van der Waals surface area contributed by atoms with E-state index in [4.69, 9.17) is 4.42 Å². The highest BCUT2D eigenvalue weighted by Gasteiger charge is 2.02. The predicted molar refractivity (Wildman–Crippen MR) is 67.8 cm³/mol. The molecule has 2 N–H and O–H groups in total. The van der Waals surface area contributed by atoms with Gasteiger partial charge in [0.1, 0.15) is 11.5 Å². The van der Waals surface area contributed by atoms with Crippen molar-refractivity contribution in [2.24, 2.45) is 0 Å². The van der Waals surface area contributed by atoms with E-state index in [2.05, 4.69) is 12.2 Å².